The van der Waals surface area contributed by atoms with Gasteiger partial charge >= 0.3 is 0 Å². The van der Waals surface area contributed by atoms with Crippen LogP contribution in [0.25, 0.3) is 0 Å². The maximum absolute atomic E-state index is 12.1. The van der Waals surface area contributed by atoms with E-state index in [-0.39, 0.29) is 19.1 Å². The van der Waals surface area contributed by atoms with Crippen LogP contribution in [0.2, 0.25) is 0 Å². The number of hydrogen-bond acceptors (Lipinski definition) is 6. The quantitative estimate of drug-likeness (QED) is 0.170. The van der Waals surface area contributed by atoms with E-state index in [1.807, 2.05) is 35.0 Å². The van der Waals surface area contributed by atoms with Crippen LogP contribution in [0, 0.1) is 0 Å². The van der Waals surface area contributed by atoms with Gasteiger partial charge in [-0.15, -0.1) is 0 Å². The highest BCUT2D eigenvalue weighted by atomic mass is 31.2. The number of quaternary nitrogens is 1. The lowest BCUT2D eigenvalue weighted by Gasteiger charge is -2.29. The highest BCUT2D eigenvalue weighted by molar-refractivity contribution is 7.45. The minimum absolute atomic E-state index is 0.00270. The fourth-order valence-electron chi connectivity index (χ4n) is 2.21. The van der Waals surface area contributed by atoms with Crippen LogP contribution in [-0.4, -0.2) is 68.5 Å². The molecule has 0 aliphatic heterocycles. The van der Waals surface area contributed by atoms with Crippen molar-refractivity contribution >= 4 is 13.7 Å². The Morgan fingerprint density at radius 1 is 1.21 bits per heavy atom. The van der Waals surface area contributed by atoms with Gasteiger partial charge in [0.15, 0.2) is 0 Å². The second-order valence-corrected chi connectivity index (χ2v) is 9.34. The van der Waals surface area contributed by atoms with Gasteiger partial charge in [0.1, 0.15) is 13.2 Å². The number of hydrogen-bond donors (Lipinski definition) is 2. The first-order valence-electron chi connectivity index (χ1n) is 10.1. The summed E-state index contributed by atoms with van der Waals surface area (Å²) in [6.07, 6.45) is 7.00. The van der Waals surface area contributed by atoms with Crippen molar-refractivity contribution < 1.29 is 32.9 Å². The van der Waals surface area contributed by atoms with Crippen LogP contribution < -0.4 is 10.2 Å². The minimum atomic E-state index is -4.52. The van der Waals surface area contributed by atoms with E-state index in [2.05, 4.69) is 5.32 Å². The van der Waals surface area contributed by atoms with Crippen LogP contribution in [0.4, 0.5) is 0 Å². The minimum Gasteiger partial charge on any atom is -0.756 e. The predicted molar refractivity (Wildman–Crippen MR) is 109 cm³/mol. The molecule has 0 aliphatic rings. The van der Waals surface area contributed by atoms with E-state index in [0.717, 1.165) is 32.1 Å². The number of carbonyl (C=O) groups is 1. The number of rotatable bonds is 16. The zero-order chi connectivity index (χ0) is 21.6. The van der Waals surface area contributed by atoms with Gasteiger partial charge in [0.25, 0.3) is 7.82 Å². The van der Waals surface area contributed by atoms with Gasteiger partial charge in [0.2, 0.25) is 5.91 Å². The smallest absolute Gasteiger partial charge is 0.268 e. The van der Waals surface area contributed by atoms with Crippen LogP contribution in [0.3, 0.4) is 0 Å². The van der Waals surface area contributed by atoms with Crippen LogP contribution >= 0.6 is 7.82 Å². The summed E-state index contributed by atoms with van der Waals surface area (Å²) in [4.78, 5) is 24.1. The Morgan fingerprint density at radius 3 is 2.46 bits per heavy atom. The van der Waals surface area contributed by atoms with Crippen molar-refractivity contribution in [2.75, 3.05) is 40.9 Å². The molecule has 0 spiro atoms. The number of unbranched alkanes of at least 4 members (excludes halogenated alkanes) is 3. The van der Waals surface area contributed by atoms with E-state index in [4.69, 9.17) is 9.05 Å². The fourth-order valence-corrected chi connectivity index (χ4v) is 2.93. The number of phosphoric acid groups is 1. The molecule has 0 saturated carbocycles. The molecular formula is C19H39N2O6P. The van der Waals surface area contributed by atoms with Crippen molar-refractivity contribution in [3.05, 3.63) is 12.2 Å². The van der Waals surface area contributed by atoms with Crippen LogP contribution in [0.15, 0.2) is 12.2 Å². The molecule has 8 nitrogen and oxygen atoms in total. The third-order valence-electron chi connectivity index (χ3n) is 3.98. The molecule has 3 unspecified atom stereocenters. The number of nitrogens with one attached hydrogen (secondary N) is 1. The molecule has 1 amide bonds. The SMILES string of the molecule is CCC/C=C/C(O)C(COP(=O)([O-])OCC[N+](C)(C)C)NC(=O)CCCCC. The molecule has 9 heteroatoms. The van der Waals surface area contributed by atoms with Crippen LogP contribution in [-0.2, 0) is 18.4 Å². The molecule has 0 rings (SSSR count). The molecule has 0 fully saturated rings. The fraction of sp³-hybridized carbons (Fsp3) is 0.842. The lowest BCUT2D eigenvalue weighted by molar-refractivity contribution is -0.870. The molecule has 0 aromatic heterocycles. The van der Waals surface area contributed by atoms with Crippen LogP contribution in [0.1, 0.15) is 52.4 Å². The topological polar surface area (TPSA) is 108 Å². The zero-order valence-corrected chi connectivity index (χ0v) is 19.0. The van der Waals surface area contributed by atoms with Crippen molar-refractivity contribution in [1.82, 2.24) is 5.32 Å². The molecule has 3 atom stereocenters. The second kappa shape index (κ2) is 14.3. The number of allylic oxidation sites excluding steroid dienone is 1. The molecule has 0 aliphatic carbocycles. The summed E-state index contributed by atoms with van der Waals surface area (Å²) < 4.78 is 22.3. The predicted octanol–water partition coefficient (Wildman–Crippen LogP) is 1.98. The molecule has 0 radical (unpaired) electrons. The summed E-state index contributed by atoms with van der Waals surface area (Å²) in [6.45, 7) is 4.16. The Morgan fingerprint density at radius 2 is 1.89 bits per heavy atom. The van der Waals surface area contributed by atoms with E-state index in [0.29, 0.717) is 17.4 Å². The molecule has 0 aromatic carbocycles. The number of carbonyl (C=O) groups excluding carboxylic acids is 1. The standard InChI is InChI=1S/C19H39N2O6P/c1-6-8-10-12-18(22)17(20-19(23)13-11-9-7-2)16-27-28(24,25)26-15-14-21(3,4)5/h10,12,17-18,22H,6-9,11,13-16H2,1-5H3,(H-,20,23,24,25)/b12-10+. The maximum atomic E-state index is 12.1. The first kappa shape index (κ1) is 27.2. The highest BCUT2D eigenvalue weighted by Crippen LogP contribution is 2.38. The monoisotopic (exact) mass is 422 g/mol. The van der Waals surface area contributed by atoms with Gasteiger partial charge in [0, 0.05) is 6.42 Å². The second-order valence-electron chi connectivity index (χ2n) is 7.93. The molecular weight excluding hydrogens is 383 g/mol. The van der Waals surface area contributed by atoms with Gasteiger partial charge in [-0.25, -0.2) is 0 Å². The van der Waals surface area contributed by atoms with E-state index >= 15 is 0 Å². The van der Waals surface area contributed by atoms with E-state index in [9.17, 15) is 19.4 Å². The first-order chi connectivity index (χ1) is 13.0. The van der Waals surface area contributed by atoms with Crippen molar-refractivity contribution in [3.8, 4) is 0 Å². The Kier molecular flexibility index (Phi) is 13.9. The molecule has 28 heavy (non-hydrogen) atoms. The van der Waals surface area contributed by atoms with Gasteiger partial charge in [0.05, 0.1) is 39.9 Å². The Hall–Kier alpha value is -0.760. The molecule has 0 heterocycles. The van der Waals surface area contributed by atoms with Crippen molar-refractivity contribution in [2.24, 2.45) is 0 Å². The molecule has 2 N–H and O–H groups in total. The number of phosphoric ester groups is 1. The van der Waals surface area contributed by atoms with Gasteiger partial charge in [-0.3, -0.25) is 9.36 Å². The summed E-state index contributed by atoms with van der Waals surface area (Å²) in [6, 6.07) is -0.869. The largest absolute Gasteiger partial charge is 0.756 e. The van der Waals surface area contributed by atoms with Crippen molar-refractivity contribution in [3.63, 3.8) is 0 Å². The Bertz CT molecular complexity index is 507. The third kappa shape index (κ3) is 15.2. The van der Waals surface area contributed by atoms with Gasteiger partial charge in [-0.1, -0.05) is 45.3 Å². The summed E-state index contributed by atoms with van der Waals surface area (Å²) in [5.74, 6) is -0.239. The number of amides is 1. The van der Waals surface area contributed by atoms with E-state index in [1.54, 1.807) is 12.2 Å². The summed E-state index contributed by atoms with van der Waals surface area (Å²) >= 11 is 0. The van der Waals surface area contributed by atoms with Crippen molar-refractivity contribution in [1.29, 1.82) is 0 Å². The molecule has 0 bridgehead atoms. The molecule has 0 aromatic rings. The normalized spacial score (nSPS) is 16.7. The highest BCUT2D eigenvalue weighted by Gasteiger charge is 2.22. The summed E-state index contributed by atoms with van der Waals surface area (Å²) in [7, 11) is 1.24. The van der Waals surface area contributed by atoms with E-state index in [1.165, 1.54) is 0 Å². The number of aliphatic hydroxyl groups excluding tert-OH is 1. The molecule has 166 valence electrons. The van der Waals surface area contributed by atoms with Gasteiger partial charge in [-0.2, -0.15) is 0 Å². The number of likely N-dealkylation sites (N-methyl/N-ethyl adjacent to an activating group) is 1. The van der Waals surface area contributed by atoms with E-state index < -0.39 is 20.0 Å². The average Bonchev–Trinajstić information content (AvgIpc) is 2.57. The van der Waals surface area contributed by atoms with Crippen LogP contribution in [0.5, 0.6) is 0 Å². The first-order valence-corrected chi connectivity index (χ1v) is 11.5. The van der Waals surface area contributed by atoms with Crippen molar-refractivity contribution in [2.45, 2.75) is 64.5 Å². The summed E-state index contributed by atoms with van der Waals surface area (Å²) in [5, 5.41) is 13.0. The van der Waals surface area contributed by atoms with Gasteiger partial charge in [-0.05, 0) is 12.8 Å². The third-order valence-corrected chi connectivity index (χ3v) is 4.94. The lowest BCUT2D eigenvalue weighted by Crippen LogP contribution is -2.45. The molecule has 0 saturated heterocycles. The zero-order valence-electron chi connectivity index (χ0n) is 18.1. The summed E-state index contributed by atoms with van der Waals surface area (Å²) in [5.41, 5.74) is 0. The van der Waals surface area contributed by atoms with Gasteiger partial charge < -0.3 is 28.8 Å². The number of aliphatic hydroxyl groups is 1. The number of nitrogens with zero attached hydrogens (tertiary/aromatic N) is 1. The Balaban J connectivity index is 4.76. The lowest BCUT2D eigenvalue weighted by atomic mass is 10.1. The maximum Gasteiger partial charge on any atom is 0.268 e. The Labute approximate surface area is 170 Å². The average molecular weight is 423 g/mol.